The van der Waals surface area contributed by atoms with Gasteiger partial charge in [-0.05, 0) is 43.7 Å². The van der Waals surface area contributed by atoms with Gasteiger partial charge in [-0.25, -0.2) is 9.18 Å². The molecule has 2 atom stereocenters. The van der Waals surface area contributed by atoms with Crippen LogP contribution >= 0.6 is 11.6 Å². The van der Waals surface area contributed by atoms with Crippen LogP contribution in [0.15, 0.2) is 42.5 Å². The van der Waals surface area contributed by atoms with Gasteiger partial charge in [0, 0.05) is 42.8 Å². The molecule has 2 aromatic carbocycles. The van der Waals surface area contributed by atoms with Crippen LogP contribution in [0.5, 0.6) is 11.5 Å². The van der Waals surface area contributed by atoms with E-state index in [9.17, 15) is 14.0 Å². The molecule has 9 heteroatoms. The molecule has 1 saturated heterocycles. The van der Waals surface area contributed by atoms with Gasteiger partial charge in [0.25, 0.3) is 5.91 Å². The number of hydrogen-bond donors (Lipinski definition) is 0. The molecule has 1 amide bonds. The number of rotatable bonds is 8. The van der Waals surface area contributed by atoms with Gasteiger partial charge in [-0.15, -0.1) is 0 Å². The van der Waals surface area contributed by atoms with Crippen molar-refractivity contribution in [1.29, 1.82) is 0 Å². The molecule has 0 spiro atoms. The molecule has 0 radical (unpaired) electrons. The zero-order chi connectivity index (χ0) is 24.0. The lowest BCUT2D eigenvalue weighted by molar-refractivity contribution is -0.143. The summed E-state index contributed by atoms with van der Waals surface area (Å²) in [6.45, 7) is 5.52. The molecule has 1 aliphatic rings. The highest BCUT2D eigenvalue weighted by atomic mass is 35.5. The summed E-state index contributed by atoms with van der Waals surface area (Å²) in [7, 11) is 1.27. The molecule has 0 saturated carbocycles. The summed E-state index contributed by atoms with van der Waals surface area (Å²) in [6.07, 6.45) is 0. The van der Waals surface area contributed by atoms with E-state index in [1.165, 1.54) is 25.3 Å². The van der Waals surface area contributed by atoms with E-state index in [0.717, 1.165) is 5.56 Å². The standard InChI is InChI=1S/C24H28ClFN2O5/c1-16-12-28(17(2)11-27(16)13-18-4-7-20(26)8-5-18)23(29)14-32-21-9-6-19(25)10-22(21)33-15-24(30)31-3/h4-10,16-17H,11-15H2,1-3H3/t16-,17+/m0/s1. The number of hydrogen-bond acceptors (Lipinski definition) is 6. The van der Waals surface area contributed by atoms with E-state index in [1.54, 1.807) is 29.2 Å². The number of benzene rings is 2. The molecule has 0 aliphatic carbocycles. The predicted molar refractivity (Wildman–Crippen MR) is 122 cm³/mol. The fraction of sp³-hybridized carbons (Fsp3) is 0.417. The zero-order valence-corrected chi connectivity index (χ0v) is 19.7. The predicted octanol–water partition coefficient (Wildman–Crippen LogP) is 3.53. The summed E-state index contributed by atoms with van der Waals surface area (Å²) in [4.78, 5) is 28.4. The summed E-state index contributed by atoms with van der Waals surface area (Å²) in [5.41, 5.74) is 1.03. The van der Waals surface area contributed by atoms with Crippen molar-refractivity contribution >= 4 is 23.5 Å². The van der Waals surface area contributed by atoms with E-state index in [2.05, 4.69) is 16.6 Å². The van der Waals surface area contributed by atoms with Gasteiger partial charge < -0.3 is 19.1 Å². The van der Waals surface area contributed by atoms with Gasteiger partial charge in [-0.1, -0.05) is 23.7 Å². The fourth-order valence-corrected chi connectivity index (χ4v) is 3.88. The molecular weight excluding hydrogens is 451 g/mol. The van der Waals surface area contributed by atoms with Crippen molar-refractivity contribution in [1.82, 2.24) is 9.80 Å². The van der Waals surface area contributed by atoms with Gasteiger partial charge in [0.1, 0.15) is 5.82 Å². The van der Waals surface area contributed by atoms with Crippen LogP contribution < -0.4 is 9.47 Å². The molecule has 33 heavy (non-hydrogen) atoms. The zero-order valence-electron chi connectivity index (χ0n) is 18.9. The van der Waals surface area contributed by atoms with E-state index in [1.807, 2.05) is 6.92 Å². The van der Waals surface area contributed by atoms with Gasteiger partial charge in [0.2, 0.25) is 0 Å². The Kier molecular flexibility index (Phi) is 8.52. The number of carbonyl (C=O) groups excluding carboxylic acids is 2. The minimum absolute atomic E-state index is 0.0157. The third-order valence-corrected chi connectivity index (χ3v) is 5.80. The summed E-state index contributed by atoms with van der Waals surface area (Å²) < 4.78 is 28.9. The monoisotopic (exact) mass is 478 g/mol. The third-order valence-electron chi connectivity index (χ3n) is 5.56. The minimum Gasteiger partial charge on any atom is -0.480 e. The van der Waals surface area contributed by atoms with Crippen LogP contribution in [0.3, 0.4) is 0 Å². The minimum atomic E-state index is -0.543. The third kappa shape index (κ3) is 6.82. The van der Waals surface area contributed by atoms with Crippen LogP contribution in [0.25, 0.3) is 0 Å². The number of carbonyl (C=O) groups is 2. The van der Waals surface area contributed by atoms with Gasteiger partial charge in [-0.3, -0.25) is 9.69 Å². The molecule has 1 aliphatic heterocycles. The van der Waals surface area contributed by atoms with Crippen molar-refractivity contribution < 1.29 is 28.2 Å². The first-order valence-corrected chi connectivity index (χ1v) is 11.0. The Balaban J connectivity index is 1.58. The first kappa shape index (κ1) is 24.8. The van der Waals surface area contributed by atoms with Crippen LogP contribution in [0.2, 0.25) is 5.02 Å². The van der Waals surface area contributed by atoms with E-state index >= 15 is 0 Å². The molecule has 0 aromatic heterocycles. The lowest BCUT2D eigenvalue weighted by Gasteiger charge is -2.44. The quantitative estimate of drug-likeness (QED) is 0.541. The number of amides is 1. The average molecular weight is 479 g/mol. The van der Waals surface area contributed by atoms with Crippen LogP contribution in [-0.4, -0.2) is 67.2 Å². The SMILES string of the molecule is COC(=O)COc1cc(Cl)ccc1OCC(=O)N1C[C@H](C)N(Cc2ccc(F)cc2)C[C@H]1C. The van der Waals surface area contributed by atoms with E-state index < -0.39 is 5.97 Å². The van der Waals surface area contributed by atoms with Gasteiger partial charge >= 0.3 is 5.97 Å². The largest absolute Gasteiger partial charge is 0.480 e. The Morgan fingerprint density at radius 1 is 1.00 bits per heavy atom. The lowest BCUT2D eigenvalue weighted by Crippen LogP contribution is -2.58. The van der Waals surface area contributed by atoms with Crippen molar-refractivity contribution in [3.63, 3.8) is 0 Å². The Labute approximate surface area is 198 Å². The molecule has 0 bridgehead atoms. The second kappa shape index (κ2) is 11.3. The normalized spacial score (nSPS) is 18.6. The van der Waals surface area contributed by atoms with Crippen molar-refractivity contribution in [2.75, 3.05) is 33.4 Å². The highest BCUT2D eigenvalue weighted by Gasteiger charge is 2.32. The van der Waals surface area contributed by atoms with Gasteiger partial charge in [0.15, 0.2) is 24.7 Å². The van der Waals surface area contributed by atoms with Crippen LogP contribution in [0.4, 0.5) is 4.39 Å². The van der Waals surface area contributed by atoms with Crippen LogP contribution in [0, 0.1) is 5.82 Å². The number of ether oxygens (including phenoxy) is 3. The maximum Gasteiger partial charge on any atom is 0.343 e. The Bertz CT molecular complexity index is 972. The molecule has 2 aromatic rings. The van der Waals surface area contributed by atoms with Gasteiger partial charge in [-0.2, -0.15) is 0 Å². The van der Waals surface area contributed by atoms with Crippen molar-refractivity contribution in [3.8, 4) is 11.5 Å². The number of halogens is 2. The van der Waals surface area contributed by atoms with Crippen LogP contribution in [0.1, 0.15) is 19.4 Å². The maximum atomic E-state index is 13.2. The smallest absolute Gasteiger partial charge is 0.343 e. The van der Waals surface area contributed by atoms with Crippen molar-refractivity contribution in [2.45, 2.75) is 32.5 Å². The van der Waals surface area contributed by atoms with E-state index in [0.29, 0.717) is 30.4 Å². The first-order chi connectivity index (χ1) is 15.8. The van der Waals surface area contributed by atoms with E-state index in [-0.39, 0.29) is 42.8 Å². The Morgan fingerprint density at radius 3 is 2.39 bits per heavy atom. The number of piperazine rings is 1. The molecule has 3 rings (SSSR count). The molecule has 178 valence electrons. The Hall–Kier alpha value is -2.84. The summed E-state index contributed by atoms with van der Waals surface area (Å²) in [5, 5.41) is 0.410. The maximum absolute atomic E-state index is 13.2. The summed E-state index contributed by atoms with van der Waals surface area (Å²) in [5.74, 6) is -0.378. The van der Waals surface area contributed by atoms with Crippen LogP contribution in [-0.2, 0) is 20.9 Å². The summed E-state index contributed by atoms with van der Waals surface area (Å²) in [6, 6.07) is 11.3. The first-order valence-electron chi connectivity index (χ1n) is 10.7. The number of nitrogens with zero attached hydrogens (tertiary/aromatic N) is 2. The molecule has 1 fully saturated rings. The topological polar surface area (TPSA) is 68.3 Å². The van der Waals surface area contributed by atoms with E-state index in [4.69, 9.17) is 21.1 Å². The second-order valence-corrected chi connectivity index (χ2v) is 8.48. The molecule has 0 N–H and O–H groups in total. The van der Waals surface area contributed by atoms with Crippen molar-refractivity contribution in [2.24, 2.45) is 0 Å². The van der Waals surface area contributed by atoms with Gasteiger partial charge in [0.05, 0.1) is 7.11 Å². The molecule has 7 nitrogen and oxygen atoms in total. The Morgan fingerprint density at radius 2 is 1.70 bits per heavy atom. The average Bonchev–Trinajstić information content (AvgIpc) is 2.80. The molecule has 0 unspecified atom stereocenters. The number of methoxy groups -OCH3 is 1. The fourth-order valence-electron chi connectivity index (χ4n) is 3.72. The van der Waals surface area contributed by atoms with Crippen molar-refractivity contribution in [3.05, 3.63) is 58.9 Å². The highest BCUT2D eigenvalue weighted by molar-refractivity contribution is 6.30. The second-order valence-electron chi connectivity index (χ2n) is 8.04. The number of esters is 1. The summed E-state index contributed by atoms with van der Waals surface area (Å²) >= 11 is 6.01. The molecule has 1 heterocycles. The molecular formula is C24H28ClFN2O5. The lowest BCUT2D eigenvalue weighted by atomic mass is 10.1. The highest BCUT2D eigenvalue weighted by Crippen LogP contribution is 2.30.